The summed E-state index contributed by atoms with van der Waals surface area (Å²) in [6.45, 7) is 3.48. The lowest BCUT2D eigenvalue weighted by Crippen LogP contribution is -2.36. The van der Waals surface area contributed by atoms with Crippen LogP contribution in [0.25, 0.3) is 0 Å². The van der Waals surface area contributed by atoms with E-state index in [4.69, 9.17) is 15.1 Å². The summed E-state index contributed by atoms with van der Waals surface area (Å²) in [5.74, 6) is -0.874. The number of imide groups is 1. The van der Waals surface area contributed by atoms with E-state index in [0.29, 0.717) is 11.5 Å². The molecule has 15 heavy (non-hydrogen) atoms. The number of carbonyl (C=O) groups excluding carboxylic acids is 1. The molecule has 6 nitrogen and oxygen atoms in total. The van der Waals surface area contributed by atoms with Crippen LogP contribution in [0.4, 0.5) is 4.79 Å². The van der Waals surface area contributed by atoms with Crippen LogP contribution in [0.3, 0.4) is 0 Å². The van der Waals surface area contributed by atoms with E-state index in [1.807, 2.05) is 0 Å². The highest BCUT2D eigenvalue weighted by Gasteiger charge is 2.22. The number of likely N-dealkylation sites (N-methyl/N-ethyl adjacent to an activating group) is 1. The predicted molar refractivity (Wildman–Crippen MR) is 50.7 cm³/mol. The molecule has 0 aliphatic heterocycles. The highest BCUT2D eigenvalue weighted by molar-refractivity contribution is 6.04. The first-order valence-electron chi connectivity index (χ1n) is 4.35. The van der Waals surface area contributed by atoms with Crippen molar-refractivity contribution in [2.24, 2.45) is 0 Å². The van der Waals surface area contributed by atoms with Crippen molar-refractivity contribution in [2.75, 3.05) is 13.2 Å². The molecule has 0 fully saturated rings. The van der Waals surface area contributed by atoms with Gasteiger partial charge in [-0.05, 0) is 13.8 Å². The number of rotatable bonds is 4. The lowest BCUT2D eigenvalue weighted by Gasteiger charge is -2.13. The zero-order valence-corrected chi connectivity index (χ0v) is 8.56. The van der Waals surface area contributed by atoms with Crippen LogP contribution in [0.5, 0.6) is 0 Å². The number of amides is 2. The fraction of sp³-hybridized carbons (Fsp3) is 0.444. The Kier molecular flexibility index (Phi) is 5.56. The van der Waals surface area contributed by atoms with E-state index >= 15 is 0 Å². The van der Waals surface area contributed by atoms with E-state index in [2.05, 4.69) is 0 Å². The normalized spacial score (nSPS) is 10.3. The Morgan fingerprint density at radius 2 is 2.13 bits per heavy atom. The SMILES string of the molecule is CCOC=C(C#N)C(=O)N(CC)C(=O)O. The van der Waals surface area contributed by atoms with Gasteiger partial charge in [-0.25, -0.2) is 9.69 Å². The first-order chi connectivity index (χ1) is 7.08. The van der Waals surface area contributed by atoms with E-state index in [1.54, 1.807) is 13.0 Å². The Hall–Kier alpha value is -2.03. The molecule has 0 saturated heterocycles. The van der Waals surface area contributed by atoms with Gasteiger partial charge in [-0.1, -0.05) is 0 Å². The van der Waals surface area contributed by atoms with E-state index in [1.165, 1.54) is 6.92 Å². The number of hydrogen-bond acceptors (Lipinski definition) is 4. The third-order valence-electron chi connectivity index (χ3n) is 1.51. The first-order valence-corrected chi connectivity index (χ1v) is 4.35. The van der Waals surface area contributed by atoms with Crippen molar-refractivity contribution in [1.29, 1.82) is 5.26 Å². The molecule has 6 heteroatoms. The third kappa shape index (κ3) is 3.68. The van der Waals surface area contributed by atoms with Crippen LogP contribution in [0.2, 0.25) is 0 Å². The highest BCUT2D eigenvalue weighted by atomic mass is 16.5. The van der Waals surface area contributed by atoms with Gasteiger partial charge < -0.3 is 9.84 Å². The molecular formula is C9H12N2O4. The van der Waals surface area contributed by atoms with E-state index in [9.17, 15) is 9.59 Å². The van der Waals surface area contributed by atoms with Crippen molar-refractivity contribution in [2.45, 2.75) is 13.8 Å². The van der Waals surface area contributed by atoms with Crippen LogP contribution < -0.4 is 0 Å². The highest BCUT2D eigenvalue weighted by Crippen LogP contribution is 2.02. The minimum Gasteiger partial charge on any atom is -0.500 e. The second-order valence-corrected chi connectivity index (χ2v) is 2.43. The lowest BCUT2D eigenvalue weighted by molar-refractivity contribution is -0.124. The summed E-state index contributed by atoms with van der Waals surface area (Å²) in [5.41, 5.74) is -0.332. The van der Waals surface area contributed by atoms with Gasteiger partial charge in [0, 0.05) is 6.54 Å². The first kappa shape index (κ1) is 13.0. The maximum atomic E-state index is 11.4. The maximum Gasteiger partial charge on any atom is 0.414 e. The minimum absolute atomic E-state index is 0.0146. The molecule has 0 spiro atoms. The second kappa shape index (κ2) is 6.43. The minimum atomic E-state index is -1.39. The van der Waals surface area contributed by atoms with Gasteiger partial charge in [0.25, 0.3) is 5.91 Å². The van der Waals surface area contributed by atoms with Crippen LogP contribution in [-0.2, 0) is 9.53 Å². The molecule has 0 unspecified atom stereocenters. The Bertz CT molecular complexity index is 317. The van der Waals surface area contributed by atoms with Gasteiger partial charge in [-0.3, -0.25) is 4.79 Å². The van der Waals surface area contributed by atoms with E-state index < -0.39 is 12.0 Å². The predicted octanol–water partition coefficient (Wildman–Crippen LogP) is 0.957. The molecular weight excluding hydrogens is 200 g/mol. The molecule has 0 radical (unpaired) electrons. The maximum absolute atomic E-state index is 11.4. The van der Waals surface area contributed by atoms with Gasteiger partial charge in [0.05, 0.1) is 6.61 Å². The molecule has 0 atom stereocenters. The fourth-order valence-corrected chi connectivity index (χ4v) is 0.802. The molecule has 0 aromatic carbocycles. The third-order valence-corrected chi connectivity index (χ3v) is 1.51. The summed E-state index contributed by atoms with van der Waals surface area (Å²) in [5, 5.41) is 17.3. The van der Waals surface area contributed by atoms with Crippen LogP contribution in [-0.4, -0.2) is 35.2 Å². The van der Waals surface area contributed by atoms with Crippen LogP contribution in [0, 0.1) is 11.3 Å². The molecule has 0 aromatic heterocycles. The van der Waals surface area contributed by atoms with Gasteiger partial charge in [0.15, 0.2) is 5.57 Å². The molecule has 0 bridgehead atoms. The molecule has 0 aliphatic carbocycles. The summed E-state index contributed by atoms with van der Waals surface area (Å²) < 4.78 is 4.76. The average Bonchev–Trinajstić information content (AvgIpc) is 2.19. The summed E-state index contributed by atoms with van der Waals surface area (Å²) >= 11 is 0. The van der Waals surface area contributed by atoms with Crippen LogP contribution >= 0.6 is 0 Å². The summed E-state index contributed by atoms with van der Waals surface area (Å²) in [7, 11) is 0. The molecule has 0 saturated carbocycles. The zero-order chi connectivity index (χ0) is 11.8. The van der Waals surface area contributed by atoms with Crippen molar-refractivity contribution in [3.63, 3.8) is 0 Å². The Morgan fingerprint density at radius 1 is 1.53 bits per heavy atom. The van der Waals surface area contributed by atoms with Crippen LogP contribution in [0.15, 0.2) is 11.8 Å². The monoisotopic (exact) mass is 212 g/mol. The molecule has 1 N–H and O–H groups in total. The van der Waals surface area contributed by atoms with Crippen molar-refractivity contribution >= 4 is 12.0 Å². The number of ether oxygens (including phenoxy) is 1. The number of carbonyl (C=O) groups is 2. The van der Waals surface area contributed by atoms with Gasteiger partial charge in [0.1, 0.15) is 12.3 Å². The topological polar surface area (TPSA) is 90.6 Å². The molecule has 0 heterocycles. The average molecular weight is 212 g/mol. The van der Waals surface area contributed by atoms with Gasteiger partial charge in [0.2, 0.25) is 0 Å². The molecule has 2 amide bonds. The Morgan fingerprint density at radius 3 is 2.47 bits per heavy atom. The fourth-order valence-electron chi connectivity index (χ4n) is 0.802. The summed E-state index contributed by atoms with van der Waals surface area (Å²) in [6.07, 6.45) is -0.423. The molecule has 82 valence electrons. The number of nitriles is 1. The van der Waals surface area contributed by atoms with E-state index in [0.717, 1.165) is 6.26 Å². The quantitative estimate of drug-likeness (QED) is 0.425. The lowest BCUT2D eigenvalue weighted by atomic mass is 10.3. The van der Waals surface area contributed by atoms with Crippen LogP contribution in [0.1, 0.15) is 13.8 Å². The largest absolute Gasteiger partial charge is 0.500 e. The van der Waals surface area contributed by atoms with Gasteiger partial charge in [-0.2, -0.15) is 5.26 Å². The molecule has 0 aromatic rings. The van der Waals surface area contributed by atoms with Crippen molar-refractivity contribution in [3.05, 3.63) is 11.8 Å². The molecule has 0 rings (SSSR count). The standard InChI is InChI=1S/C9H12N2O4/c1-3-11(9(13)14)8(12)7(5-10)6-15-4-2/h6H,3-4H2,1-2H3,(H,13,14). The number of hydrogen-bond donors (Lipinski definition) is 1. The van der Waals surface area contributed by atoms with Crippen molar-refractivity contribution < 1.29 is 19.4 Å². The van der Waals surface area contributed by atoms with Gasteiger partial charge >= 0.3 is 6.09 Å². The molecule has 0 aliphatic rings. The summed E-state index contributed by atoms with van der Waals surface area (Å²) in [4.78, 5) is 22.6. The van der Waals surface area contributed by atoms with Gasteiger partial charge in [-0.15, -0.1) is 0 Å². The number of carboxylic acid groups (broad SMARTS) is 1. The van der Waals surface area contributed by atoms with Crippen molar-refractivity contribution in [3.8, 4) is 6.07 Å². The second-order valence-electron chi connectivity index (χ2n) is 2.43. The Balaban J connectivity index is 4.80. The zero-order valence-electron chi connectivity index (χ0n) is 8.56. The summed E-state index contributed by atoms with van der Waals surface area (Å²) in [6, 6.07) is 1.59. The smallest absolute Gasteiger partial charge is 0.414 e. The van der Waals surface area contributed by atoms with Crippen molar-refractivity contribution in [1.82, 2.24) is 4.90 Å². The van der Waals surface area contributed by atoms with E-state index in [-0.39, 0.29) is 12.1 Å². The number of nitrogens with zero attached hydrogens (tertiary/aromatic N) is 2. The Labute approximate surface area is 87.4 Å².